The van der Waals surface area contributed by atoms with Gasteiger partial charge in [0.05, 0.1) is 6.61 Å². The summed E-state index contributed by atoms with van der Waals surface area (Å²) in [5, 5.41) is 8.43. The second-order valence-electron chi connectivity index (χ2n) is 1.47. The molecular weight excluding hydrogens is 124 g/mol. The Morgan fingerprint density at radius 1 is 1.78 bits per heavy atom. The summed E-state index contributed by atoms with van der Waals surface area (Å²) in [5.74, 6) is 0. The van der Waals surface area contributed by atoms with Gasteiger partial charge < -0.3 is 14.6 Å². The van der Waals surface area contributed by atoms with Gasteiger partial charge in [-0.1, -0.05) is 0 Å². The summed E-state index contributed by atoms with van der Waals surface area (Å²) in [5.41, 5.74) is 0. The first-order valence-electron chi connectivity index (χ1n) is 2.54. The van der Waals surface area contributed by atoms with E-state index in [1.54, 1.807) is 0 Å². The standard InChI is InChI=1S/C5H10O4/c1-8-5(2-6)3-9-4-7/h4-6H,2-3H2,1H3. The minimum absolute atomic E-state index is 0.108. The topological polar surface area (TPSA) is 55.8 Å². The summed E-state index contributed by atoms with van der Waals surface area (Å²) in [7, 11) is 1.44. The normalized spacial score (nSPS) is 12.7. The third kappa shape index (κ3) is 3.93. The quantitative estimate of drug-likeness (QED) is 0.498. The summed E-state index contributed by atoms with van der Waals surface area (Å²) in [6, 6.07) is 0. The maximum Gasteiger partial charge on any atom is 0.293 e. The van der Waals surface area contributed by atoms with Crippen LogP contribution in [0.5, 0.6) is 0 Å². The smallest absolute Gasteiger partial charge is 0.293 e. The summed E-state index contributed by atoms with van der Waals surface area (Å²) in [6.45, 7) is 0.294. The molecule has 0 saturated heterocycles. The molecule has 0 aromatic rings. The van der Waals surface area contributed by atoms with Crippen LogP contribution >= 0.6 is 0 Å². The number of carbonyl (C=O) groups is 1. The molecule has 0 saturated carbocycles. The third-order valence-corrected chi connectivity index (χ3v) is 0.887. The van der Waals surface area contributed by atoms with E-state index in [0.717, 1.165) is 0 Å². The fourth-order valence-electron chi connectivity index (χ4n) is 0.342. The van der Waals surface area contributed by atoms with Crippen molar-refractivity contribution in [1.82, 2.24) is 0 Å². The van der Waals surface area contributed by atoms with Crippen LogP contribution in [0.1, 0.15) is 0 Å². The largest absolute Gasteiger partial charge is 0.465 e. The van der Waals surface area contributed by atoms with Gasteiger partial charge in [0.25, 0.3) is 6.47 Å². The van der Waals surface area contributed by atoms with Crippen molar-refractivity contribution in [2.75, 3.05) is 20.3 Å². The minimum Gasteiger partial charge on any atom is -0.465 e. The zero-order chi connectivity index (χ0) is 7.11. The SMILES string of the molecule is COC(CO)COC=O. The first kappa shape index (κ1) is 8.39. The summed E-state index contributed by atoms with van der Waals surface area (Å²) < 4.78 is 8.98. The molecule has 54 valence electrons. The van der Waals surface area contributed by atoms with E-state index < -0.39 is 6.10 Å². The highest BCUT2D eigenvalue weighted by Crippen LogP contribution is 1.86. The number of aliphatic hydroxyl groups is 1. The lowest BCUT2D eigenvalue weighted by Crippen LogP contribution is -2.21. The van der Waals surface area contributed by atoms with Crippen molar-refractivity contribution in [2.45, 2.75) is 6.10 Å². The van der Waals surface area contributed by atoms with E-state index in [4.69, 9.17) is 5.11 Å². The fourth-order valence-corrected chi connectivity index (χ4v) is 0.342. The van der Waals surface area contributed by atoms with Crippen molar-refractivity contribution >= 4 is 6.47 Å². The van der Waals surface area contributed by atoms with Gasteiger partial charge in [-0.2, -0.15) is 0 Å². The molecule has 0 aliphatic heterocycles. The molecule has 0 amide bonds. The summed E-state index contributed by atoms with van der Waals surface area (Å²) in [6.07, 6.45) is -0.393. The van der Waals surface area contributed by atoms with Crippen LogP contribution in [-0.2, 0) is 14.3 Å². The maximum absolute atomic E-state index is 9.58. The van der Waals surface area contributed by atoms with Gasteiger partial charge in [-0.3, -0.25) is 4.79 Å². The lowest BCUT2D eigenvalue weighted by molar-refractivity contribution is -0.133. The average Bonchev–Trinajstić information content (AvgIpc) is 1.91. The Hall–Kier alpha value is -0.610. The van der Waals surface area contributed by atoms with Gasteiger partial charge >= 0.3 is 0 Å². The first-order chi connectivity index (χ1) is 4.35. The maximum atomic E-state index is 9.58. The molecule has 0 fully saturated rings. The molecule has 1 atom stereocenters. The minimum atomic E-state index is -0.393. The Balaban J connectivity index is 3.19. The highest BCUT2D eigenvalue weighted by molar-refractivity contribution is 5.36. The number of rotatable bonds is 5. The van der Waals surface area contributed by atoms with Crippen molar-refractivity contribution in [1.29, 1.82) is 0 Å². The zero-order valence-corrected chi connectivity index (χ0v) is 5.24. The van der Waals surface area contributed by atoms with Crippen molar-refractivity contribution in [3.05, 3.63) is 0 Å². The predicted molar refractivity (Wildman–Crippen MR) is 29.9 cm³/mol. The fraction of sp³-hybridized carbons (Fsp3) is 0.800. The second kappa shape index (κ2) is 5.53. The molecule has 0 aliphatic rings. The Kier molecular flexibility index (Phi) is 5.15. The molecule has 4 nitrogen and oxygen atoms in total. The van der Waals surface area contributed by atoms with E-state index in [2.05, 4.69) is 9.47 Å². The molecule has 1 N–H and O–H groups in total. The predicted octanol–water partition coefficient (Wildman–Crippen LogP) is -0.833. The van der Waals surface area contributed by atoms with Gasteiger partial charge in [0.1, 0.15) is 12.7 Å². The molecule has 4 heteroatoms. The molecule has 9 heavy (non-hydrogen) atoms. The lowest BCUT2D eigenvalue weighted by atomic mass is 10.4. The number of carbonyl (C=O) groups excluding carboxylic acids is 1. The highest BCUT2D eigenvalue weighted by atomic mass is 16.6. The number of aliphatic hydroxyl groups excluding tert-OH is 1. The van der Waals surface area contributed by atoms with Crippen LogP contribution in [0.15, 0.2) is 0 Å². The van der Waals surface area contributed by atoms with Crippen molar-refractivity contribution in [3.8, 4) is 0 Å². The van der Waals surface area contributed by atoms with Crippen LogP contribution in [0.25, 0.3) is 0 Å². The molecule has 1 unspecified atom stereocenters. The molecular formula is C5H10O4. The zero-order valence-electron chi connectivity index (χ0n) is 5.24. The molecule has 0 bridgehead atoms. The van der Waals surface area contributed by atoms with Crippen LogP contribution in [0, 0.1) is 0 Å². The molecule has 0 aromatic heterocycles. The average molecular weight is 134 g/mol. The molecule has 0 heterocycles. The van der Waals surface area contributed by atoms with Crippen LogP contribution in [0.2, 0.25) is 0 Å². The lowest BCUT2D eigenvalue weighted by Gasteiger charge is -2.08. The van der Waals surface area contributed by atoms with Gasteiger partial charge in [-0.25, -0.2) is 0 Å². The van der Waals surface area contributed by atoms with E-state index in [1.807, 2.05) is 0 Å². The monoisotopic (exact) mass is 134 g/mol. The van der Waals surface area contributed by atoms with Gasteiger partial charge in [0.15, 0.2) is 0 Å². The Bertz CT molecular complexity index is 69.4. The van der Waals surface area contributed by atoms with Crippen molar-refractivity contribution < 1.29 is 19.4 Å². The Morgan fingerprint density at radius 3 is 2.78 bits per heavy atom. The van der Waals surface area contributed by atoms with Crippen LogP contribution in [0.4, 0.5) is 0 Å². The number of hydrogen-bond donors (Lipinski definition) is 1. The van der Waals surface area contributed by atoms with Gasteiger partial charge in [0, 0.05) is 7.11 Å². The molecule has 0 aliphatic carbocycles. The van der Waals surface area contributed by atoms with Crippen LogP contribution in [0.3, 0.4) is 0 Å². The van der Waals surface area contributed by atoms with Crippen LogP contribution in [-0.4, -0.2) is 38.0 Å². The van der Waals surface area contributed by atoms with E-state index in [9.17, 15) is 4.79 Å². The highest BCUT2D eigenvalue weighted by Gasteiger charge is 2.03. The number of hydrogen-bond acceptors (Lipinski definition) is 4. The second-order valence-corrected chi connectivity index (χ2v) is 1.47. The molecule has 0 spiro atoms. The Labute approximate surface area is 53.4 Å². The van der Waals surface area contributed by atoms with E-state index >= 15 is 0 Å². The summed E-state index contributed by atoms with van der Waals surface area (Å²) in [4.78, 5) is 9.58. The molecule has 0 rings (SSSR count). The Morgan fingerprint density at radius 2 is 2.44 bits per heavy atom. The first-order valence-corrected chi connectivity index (χ1v) is 2.54. The van der Waals surface area contributed by atoms with Crippen molar-refractivity contribution in [2.24, 2.45) is 0 Å². The molecule has 0 radical (unpaired) electrons. The van der Waals surface area contributed by atoms with Gasteiger partial charge in [-0.05, 0) is 0 Å². The third-order valence-electron chi connectivity index (χ3n) is 0.887. The van der Waals surface area contributed by atoms with E-state index in [-0.39, 0.29) is 13.2 Å². The number of ether oxygens (including phenoxy) is 2. The van der Waals surface area contributed by atoms with Crippen molar-refractivity contribution in [3.63, 3.8) is 0 Å². The van der Waals surface area contributed by atoms with E-state index in [1.165, 1.54) is 7.11 Å². The summed E-state index contributed by atoms with van der Waals surface area (Å²) >= 11 is 0. The van der Waals surface area contributed by atoms with Gasteiger partial charge in [0.2, 0.25) is 0 Å². The number of methoxy groups -OCH3 is 1. The molecule has 0 aromatic carbocycles. The van der Waals surface area contributed by atoms with Crippen LogP contribution < -0.4 is 0 Å². The van der Waals surface area contributed by atoms with E-state index in [0.29, 0.717) is 6.47 Å². The van der Waals surface area contributed by atoms with Gasteiger partial charge in [-0.15, -0.1) is 0 Å².